The maximum absolute atomic E-state index is 11.4. The molecule has 1 saturated heterocycles. The number of carbonyl (C=O) groups excluding carboxylic acids is 1. The lowest BCUT2D eigenvalue weighted by Crippen LogP contribution is -2.38. The minimum atomic E-state index is 0.109. The van der Waals surface area contributed by atoms with E-state index in [9.17, 15) is 4.79 Å². The van der Waals surface area contributed by atoms with Crippen molar-refractivity contribution < 1.29 is 4.79 Å². The summed E-state index contributed by atoms with van der Waals surface area (Å²) in [4.78, 5) is 13.9. The van der Waals surface area contributed by atoms with Crippen LogP contribution >= 0.6 is 0 Å². The van der Waals surface area contributed by atoms with Crippen LogP contribution in [0.1, 0.15) is 39.5 Å². The number of piperidine rings is 1. The maximum atomic E-state index is 11.4. The van der Waals surface area contributed by atoms with E-state index < -0.39 is 0 Å². The zero-order chi connectivity index (χ0) is 12.5. The van der Waals surface area contributed by atoms with Gasteiger partial charge in [-0.2, -0.15) is 0 Å². The lowest BCUT2D eigenvalue weighted by atomic mass is 10.1. The van der Waals surface area contributed by atoms with Gasteiger partial charge in [0.25, 0.3) is 0 Å². The second kappa shape index (κ2) is 8.48. The SMILES string of the molecule is CC(C)NCC(=O)NCCCN1CCCCC1. The Kier molecular flexibility index (Phi) is 7.21. The van der Waals surface area contributed by atoms with Gasteiger partial charge < -0.3 is 15.5 Å². The van der Waals surface area contributed by atoms with Crippen molar-refractivity contribution in [1.29, 1.82) is 0 Å². The van der Waals surface area contributed by atoms with E-state index in [1.807, 2.05) is 13.8 Å². The van der Waals surface area contributed by atoms with Crippen LogP contribution in [0.2, 0.25) is 0 Å². The van der Waals surface area contributed by atoms with Crippen LogP contribution in [-0.4, -0.2) is 49.6 Å². The molecule has 1 rings (SSSR count). The van der Waals surface area contributed by atoms with Gasteiger partial charge in [0.2, 0.25) is 5.91 Å². The molecule has 0 aromatic carbocycles. The fourth-order valence-corrected chi connectivity index (χ4v) is 2.07. The Bertz CT molecular complexity index is 213. The minimum absolute atomic E-state index is 0.109. The van der Waals surface area contributed by atoms with Crippen LogP contribution in [0, 0.1) is 0 Å². The van der Waals surface area contributed by atoms with Gasteiger partial charge in [-0.15, -0.1) is 0 Å². The number of likely N-dealkylation sites (tertiary alicyclic amines) is 1. The average Bonchev–Trinajstić information content (AvgIpc) is 2.33. The molecule has 0 atom stereocenters. The summed E-state index contributed by atoms with van der Waals surface area (Å²) in [6, 6.07) is 0.370. The van der Waals surface area contributed by atoms with Crippen molar-refractivity contribution >= 4 is 5.91 Å². The fourth-order valence-electron chi connectivity index (χ4n) is 2.07. The van der Waals surface area contributed by atoms with E-state index in [2.05, 4.69) is 15.5 Å². The molecule has 4 nitrogen and oxygen atoms in total. The van der Waals surface area contributed by atoms with E-state index >= 15 is 0 Å². The third kappa shape index (κ3) is 7.34. The molecule has 0 aliphatic carbocycles. The van der Waals surface area contributed by atoms with Gasteiger partial charge in [-0.05, 0) is 38.9 Å². The fraction of sp³-hybridized carbons (Fsp3) is 0.923. The summed E-state index contributed by atoms with van der Waals surface area (Å²) in [5.41, 5.74) is 0. The first-order chi connectivity index (χ1) is 8.18. The third-order valence-electron chi connectivity index (χ3n) is 3.09. The lowest BCUT2D eigenvalue weighted by molar-refractivity contribution is -0.120. The summed E-state index contributed by atoms with van der Waals surface area (Å²) in [6.07, 6.45) is 5.12. The van der Waals surface area contributed by atoms with Crippen molar-refractivity contribution in [3.05, 3.63) is 0 Å². The molecule has 0 radical (unpaired) electrons. The topological polar surface area (TPSA) is 44.4 Å². The smallest absolute Gasteiger partial charge is 0.233 e. The highest BCUT2D eigenvalue weighted by molar-refractivity contribution is 5.77. The Morgan fingerprint density at radius 2 is 1.94 bits per heavy atom. The van der Waals surface area contributed by atoms with Crippen LogP contribution in [0.3, 0.4) is 0 Å². The van der Waals surface area contributed by atoms with Gasteiger partial charge >= 0.3 is 0 Å². The molecule has 0 spiro atoms. The molecule has 0 aromatic rings. The molecular weight excluding hydrogens is 214 g/mol. The van der Waals surface area contributed by atoms with Gasteiger partial charge in [0.05, 0.1) is 6.54 Å². The predicted octanol–water partition coefficient (Wildman–Crippen LogP) is 0.977. The summed E-state index contributed by atoms with van der Waals surface area (Å²) in [5.74, 6) is 0.109. The van der Waals surface area contributed by atoms with Gasteiger partial charge in [0, 0.05) is 12.6 Å². The predicted molar refractivity (Wildman–Crippen MR) is 71.1 cm³/mol. The van der Waals surface area contributed by atoms with Gasteiger partial charge in [-0.25, -0.2) is 0 Å². The molecule has 0 aromatic heterocycles. The van der Waals surface area contributed by atoms with Crippen molar-refractivity contribution in [2.24, 2.45) is 0 Å². The zero-order valence-electron chi connectivity index (χ0n) is 11.3. The monoisotopic (exact) mass is 241 g/mol. The normalized spacial score (nSPS) is 17.4. The molecule has 1 aliphatic heterocycles. The van der Waals surface area contributed by atoms with Crippen LogP contribution in [0.5, 0.6) is 0 Å². The molecule has 0 bridgehead atoms. The van der Waals surface area contributed by atoms with E-state index in [1.165, 1.54) is 32.4 Å². The van der Waals surface area contributed by atoms with E-state index in [-0.39, 0.29) is 5.91 Å². The summed E-state index contributed by atoms with van der Waals surface area (Å²) in [5, 5.41) is 6.06. The van der Waals surface area contributed by atoms with Gasteiger partial charge in [-0.3, -0.25) is 4.79 Å². The first kappa shape index (κ1) is 14.5. The van der Waals surface area contributed by atoms with Crippen molar-refractivity contribution in [3.63, 3.8) is 0 Å². The van der Waals surface area contributed by atoms with E-state index in [0.29, 0.717) is 12.6 Å². The number of hydrogen-bond donors (Lipinski definition) is 2. The third-order valence-corrected chi connectivity index (χ3v) is 3.09. The molecule has 1 fully saturated rings. The van der Waals surface area contributed by atoms with Crippen LogP contribution < -0.4 is 10.6 Å². The first-order valence-corrected chi connectivity index (χ1v) is 6.91. The molecular formula is C13H27N3O. The Morgan fingerprint density at radius 1 is 1.24 bits per heavy atom. The molecule has 1 amide bonds. The average molecular weight is 241 g/mol. The first-order valence-electron chi connectivity index (χ1n) is 6.91. The lowest BCUT2D eigenvalue weighted by Gasteiger charge is -2.26. The van der Waals surface area contributed by atoms with Crippen LogP contribution in [0.15, 0.2) is 0 Å². The van der Waals surface area contributed by atoms with Crippen molar-refractivity contribution in [1.82, 2.24) is 15.5 Å². The number of rotatable bonds is 7. The van der Waals surface area contributed by atoms with Gasteiger partial charge in [0.1, 0.15) is 0 Å². The zero-order valence-corrected chi connectivity index (χ0v) is 11.3. The highest BCUT2D eigenvalue weighted by Gasteiger charge is 2.09. The van der Waals surface area contributed by atoms with Crippen LogP contribution in [0.4, 0.5) is 0 Å². The minimum Gasteiger partial charge on any atom is -0.355 e. The number of nitrogens with zero attached hydrogens (tertiary/aromatic N) is 1. The molecule has 17 heavy (non-hydrogen) atoms. The summed E-state index contributed by atoms with van der Waals surface area (Å²) in [6.45, 7) is 8.92. The highest BCUT2D eigenvalue weighted by atomic mass is 16.1. The van der Waals surface area contributed by atoms with Crippen LogP contribution in [0.25, 0.3) is 0 Å². The Labute approximate surface area is 105 Å². The quantitative estimate of drug-likeness (QED) is 0.653. The van der Waals surface area contributed by atoms with Gasteiger partial charge in [-0.1, -0.05) is 20.3 Å². The standard InChI is InChI=1S/C13H27N3O/c1-12(2)15-11-13(17)14-7-6-10-16-8-4-3-5-9-16/h12,15H,3-11H2,1-2H3,(H,14,17). The number of hydrogen-bond acceptors (Lipinski definition) is 3. The molecule has 1 aliphatic rings. The maximum Gasteiger partial charge on any atom is 0.233 e. The summed E-state index contributed by atoms with van der Waals surface area (Å²) < 4.78 is 0. The molecule has 0 unspecified atom stereocenters. The van der Waals surface area contributed by atoms with Crippen molar-refractivity contribution in [2.45, 2.75) is 45.6 Å². The summed E-state index contributed by atoms with van der Waals surface area (Å²) >= 11 is 0. The second-order valence-electron chi connectivity index (χ2n) is 5.14. The van der Waals surface area contributed by atoms with Crippen molar-refractivity contribution in [3.8, 4) is 0 Å². The van der Waals surface area contributed by atoms with Gasteiger partial charge in [0.15, 0.2) is 0 Å². The number of amides is 1. The molecule has 0 saturated carbocycles. The molecule has 1 heterocycles. The molecule has 4 heteroatoms. The molecule has 2 N–H and O–H groups in total. The Hall–Kier alpha value is -0.610. The summed E-state index contributed by atoms with van der Waals surface area (Å²) in [7, 11) is 0. The second-order valence-corrected chi connectivity index (χ2v) is 5.14. The van der Waals surface area contributed by atoms with E-state index in [4.69, 9.17) is 0 Å². The number of nitrogens with one attached hydrogen (secondary N) is 2. The van der Waals surface area contributed by atoms with E-state index in [1.54, 1.807) is 0 Å². The Morgan fingerprint density at radius 3 is 2.59 bits per heavy atom. The Balaban J connectivity index is 1.94. The molecule has 100 valence electrons. The van der Waals surface area contributed by atoms with E-state index in [0.717, 1.165) is 19.5 Å². The van der Waals surface area contributed by atoms with Crippen molar-refractivity contribution in [2.75, 3.05) is 32.7 Å². The van der Waals surface area contributed by atoms with Crippen LogP contribution in [-0.2, 0) is 4.79 Å². The number of carbonyl (C=O) groups is 1. The largest absolute Gasteiger partial charge is 0.355 e. The highest BCUT2D eigenvalue weighted by Crippen LogP contribution is 2.08.